The number of anilines is 1. The molecule has 4 N–H and O–H groups in total. The zero-order valence-electron chi connectivity index (χ0n) is 11.0. The Morgan fingerprint density at radius 1 is 1.60 bits per heavy atom. The molecule has 1 aromatic heterocycles. The van der Waals surface area contributed by atoms with Gasteiger partial charge in [-0.3, -0.25) is 0 Å². The number of nitrogens with two attached hydrogens (primary N) is 1. The molecular weight excluding hydrogens is 348 g/mol. The van der Waals surface area contributed by atoms with Gasteiger partial charge in [-0.15, -0.1) is 0 Å². The third kappa shape index (κ3) is 3.47. The second-order valence-electron chi connectivity index (χ2n) is 4.62. The topological polar surface area (TPSA) is 106 Å². The van der Waals surface area contributed by atoms with E-state index in [2.05, 4.69) is 31.1 Å². The minimum atomic E-state index is -3.68. The highest BCUT2D eigenvalue weighted by Crippen LogP contribution is 2.24. The molecule has 0 spiro atoms. The Bertz CT molecular complexity index is 581. The van der Waals surface area contributed by atoms with Crippen molar-refractivity contribution in [1.29, 1.82) is 0 Å². The van der Waals surface area contributed by atoms with Gasteiger partial charge in [-0.05, 0) is 35.3 Å². The molecule has 0 amide bonds. The van der Waals surface area contributed by atoms with Crippen molar-refractivity contribution in [3.8, 4) is 0 Å². The van der Waals surface area contributed by atoms with Crippen molar-refractivity contribution in [2.24, 2.45) is 11.8 Å². The summed E-state index contributed by atoms with van der Waals surface area (Å²) in [4.78, 5) is 3.95. The first-order chi connectivity index (χ1) is 9.44. The second kappa shape index (κ2) is 6.35. The molecule has 2 heterocycles. The van der Waals surface area contributed by atoms with Crippen LogP contribution >= 0.6 is 15.9 Å². The summed E-state index contributed by atoms with van der Waals surface area (Å²) in [7, 11) is -3.68. The first-order valence-corrected chi connectivity index (χ1v) is 8.45. The lowest BCUT2D eigenvalue weighted by Gasteiger charge is -2.16. The van der Waals surface area contributed by atoms with Crippen LogP contribution in [0.15, 0.2) is 21.6 Å². The predicted molar refractivity (Wildman–Crippen MR) is 78.5 cm³/mol. The van der Waals surface area contributed by atoms with Crippen LogP contribution in [0.3, 0.4) is 0 Å². The molecule has 0 saturated carbocycles. The maximum atomic E-state index is 12.3. The number of pyridine rings is 1. The number of hydrogen-bond donors (Lipinski definition) is 3. The van der Waals surface area contributed by atoms with Gasteiger partial charge in [-0.2, -0.15) is 0 Å². The van der Waals surface area contributed by atoms with Gasteiger partial charge < -0.3 is 10.2 Å². The number of rotatable bonds is 5. The van der Waals surface area contributed by atoms with Crippen LogP contribution in [-0.2, 0) is 14.8 Å². The van der Waals surface area contributed by atoms with Crippen LogP contribution in [0.1, 0.15) is 13.3 Å². The third-order valence-corrected chi connectivity index (χ3v) is 5.18. The zero-order valence-corrected chi connectivity index (χ0v) is 13.4. The molecule has 1 aromatic rings. The molecule has 7 nitrogen and oxygen atoms in total. The van der Waals surface area contributed by atoms with Crippen molar-refractivity contribution in [3.63, 3.8) is 0 Å². The number of halogens is 1. The van der Waals surface area contributed by atoms with Gasteiger partial charge in [-0.1, -0.05) is 0 Å². The normalized spacial score (nSPS) is 22.9. The molecule has 0 aliphatic carbocycles. The van der Waals surface area contributed by atoms with Gasteiger partial charge >= 0.3 is 0 Å². The van der Waals surface area contributed by atoms with E-state index in [-0.39, 0.29) is 22.7 Å². The zero-order chi connectivity index (χ0) is 14.8. The third-order valence-electron chi connectivity index (χ3n) is 3.31. The highest BCUT2D eigenvalue weighted by Gasteiger charge is 2.27. The number of hydrazine groups is 1. The van der Waals surface area contributed by atoms with Crippen LogP contribution in [0.5, 0.6) is 0 Å². The van der Waals surface area contributed by atoms with Gasteiger partial charge in [0.2, 0.25) is 10.0 Å². The SMILES string of the molecule is CC1OCCC1CNS(=O)(=O)c1cc(Br)cnc1NN. The van der Waals surface area contributed by atoms with Crippen LogP contribution in [0.25, 0.3) is 0 Å². The van der Waals surface area contributed by atoms with Gasteiger partial charge in [0.15, 0.2) is 5.82 Å². The molecule has 0 aromatic carbocycles. The van der Waals surface area contributed by atoms with Gasteiger partial charge in [0, 0.05) is 29.7 Å². The molecule has 1 aliphatic heterocycles. The van der Waals surface area contributed by atoms with Crippen LogP contribution < -0.4 is 16.0 Å². The first-order valence-electron chi connectivity index (χ1n) is 6.17. The number of sulfonamides is 1. The molecule has 2 unspecified atom stereocenters. The van der Waals surface area contributed by atoms with Crippen molar-refractivity contribution in [1.82, 2.24) is 9.71 Å². The second-order valence-corrected chi connectivity index (χ2v) is 7.27. The monoisotopic (exact) mass is 364 g/mol. The lowest BCUT2D eigenvalue weighted by Crippen LogP contribution is -2.32. The minimum Gasteiger partial charge on any atom is -0.378 e. The van der Waals surface area contributed by atoms with Crippen molar-refractivity contribution in [2.45, 2.75) is 24.3 Å². The van der Waals surface area contributed by atoms with Gasteiger partial charge in [0.05, 0.1) is 6.10 Å². The van der Waals surface area contributed by atoms with Crippen LogP contribution in [0.2, 0.25) is 0 Å². The van der Waals surface area contributed by atoms with E-state index in [4.69, 9.17) is 10.6 Å². The number of ether oxygens (including phenoxy) is 1. The van der Waals surface area contributed by atoms with E-state index in [1.807, 2.05) is 6.92 Å². The van der Waals surface area contributed by atoms with Crippen molar-refractivity contribution >= 4 is 31.8 Å². The van der Waals surface area contributed by atoms with E-state index in [0.717, 1.165) is 6.42 Å². The Kier molecular flexibility index (Phi) is 4.97. The number of nitrogens with zero attached hydrogens (tertiary/aromatic N) is 1. The van der Waals surface area contributed by atoms with Gasteiger partial charge in [0.1, 0.15) is 4.90 Å². The summed E-state index contributed by atoms with van der Waals surface area (Å²) < 4.78 is 33.2. The highest BCUT2D eigenvalue weighted by molar-refractivity contribution is 9.10. The van der Waals surface area contributed by atoms with Gasteiger partial charge in [0.25, 0.3) is 0 Å². The number of hydrogen-bond acceptors (Lipinski definition) is 6. The average molecular weight is 365 g/mol. The quantitative estimate of drug-likeness (QED) is 0.527. The molecule has 2 atom stereocenters. The first kappa shape index (κ1) is 15.6. The fourth-order valence-corrected chi connectivity index (χ4v) is 3.79. The van der Waals surface area contributed by atoms with Crippen LogP contribution in [0, 0.1) is 5.92 Å². The molecule has 0 bridgehead atoms. The molecular formula is C11H17BrN4O3S. The Morgan fingerprint density at radius 3 is 2.95 bits per heavy atom. The van der Waals surface area contributed by atoms with Gasteiger partial charge in [-0.25, -0.2) is 24.0 Å². The van der Waals surface area contributed by atoms with E-state index in [1.54, 1.807) is 0 Å². The summed E-state index contributed by atoms with van der Waals surface area (Å²) in [5, 5.41) is 0. The number of nitrogen functional groups attached to an aromatic ring is 1. The maximum absolute atomic E-state index is 12.3. The summed E-state index contributed by atoms with van der Waals surface area (Å²) in [5.41, 5.74) is 2.29. The smallest absolute Gasteiger partial charge is 0.244 e. The Hall–Kier alpha value is -0.740. The van der Waals surface area contributed by atoms with E-state index < -0.39 is 10.0 Å². The molecule has 20 heavy (non-hydrogen) atoms. The summed E-state index contributed by atoms with van der Waals surface area (Å²) >= 11 is 3.20. The largest absolute Gasteiger partial charge is 0.378 e. The fourth-order valence-electron chi connectivity index (χ4n) is 2.07. The Balaban J connectivity index is 2.15. The number of nitrogens with one attached hydrogen (secondary N) is 2. The summed E-state index contributed by atoms with van der Waals surface area (Å²) in [6.45, 7) is 2.95. The summed E-state index contributed by atoms with van der Waals surface area (Å²) in [5.74, 6) is 5.59. The van der Waals surface area contributed by atoms with Crippen molar-refractivity contribution in [3.05, 3.63) is 16.7 Å². The van der Waals surface area contributed by atoms with E-state index in [0.29, 0.717) is 17.6 Å². The summed E-state index contributed by atoms with van der Waals surface area (Å²) in [6.07, 6.45) is 2.38. The highest BCUT2D eigenvalue weighted by atomic mass is 79.9. The van der Waals surface area contributed by atoms with E-state index in [9.17, 15) is 8.42 Å². The summed E-state index contributed by atoms with van der Waals surface area (Å²) in [6, 6.07) is 1.46. The van der Waals surface area contributed by atoms with E-state index >= 15 is 0 Å². The standard InChI is InChI=1S/C11H17BrN4O3S/c1-7-8(2-3-19-7)5-15-20(17,18)10-4-9(12)6-14-11(10)16-13/h4,6-8,15H,2-3,5,13H2,1H3,(H,14,16). The predicted octanol–water partition coefficient (Wildman–Crippen LogP) is 0.833. The van der Waals surface area contributed by atoms with Crippen molar-refractivity contribution in [2.75, 3.05) is 18.6 Å². The number of aromatic nitrogens is 1. The Labute approximate surface area is 126 Å². The molecule has 1 aliphatic rings. The average Bonchev–Trinajstić information content (AvgIpc) is 2.82. The lowest BCUT2D eigenvalue weighted by molar-refractivity contribution is 0.107. The Morgan fingerprint density at radius 2 is 2.35 bits per heavy atom. The van der Waals surface area contributed by atoms with Crippen LogP contribution in [-0.4, -0.2) is 32.7 Å². The molecule has 112 valence electrons. The molecule has 9 heteroatoms. The van der Waals surface area contributed by atoms with E-state index in [1.165, 1.54) is 12.3 Å². The lowest BCUT2D eigenvalue weighted by atomic mass is 10.0. The minimum absolute atomic E-state index is 0.0148. The molecule has 1 fully saturated rings. The molecule has 2 rings (SSSR count). The van der Waals surface area contributed by atoms with Crippen molar-refractivity contribution < 1.29 is 13.2 Å². The maximum Gasteiger partial charge on any atom is 0.244 e. The fraction of sp³-hybridized carbons (Fsp3) is 0.545. The molecule has 0 radical (unpaired) electrons. The molecule has 1 saturated heterocycles. The van der Waals surface area contributed by atoms with Crippen LogP contribution in [0.4, 0.5) is 5.82 Å².